The minimum atomic E-state index is 0.458. The maximum Gasteiger partial charge on any atom is 0.162 e. The van der Waals surface area contributed by atoms with Crippen LogP contribution in [0.15, 0.2) is 16.6 Å². The van der Waals surface area contributed by atoms with Gasteiger partial charge in [0, 0.05) is 17.1 Å². The van der Waals surface area contributed by atoms with Crippen LogP contribution in [0.2, 0.25) is 0 Å². The van der Waals surface area contributed by atoms with Crippen LogP contribution < -0.4 is 14.8 Å². The number of hydrogen-bond acceptors (Lipinski definition) is 3. The second kappa shape index (κ2) is 6.87. The zero-order chi connectivity index (χ0) is 12.8. The Morgan fingerprint density at radius 3 is 2.53 bits per heavy atom. The minimum absolute atomic E-state index is 0.458. The fourth-order valence-corrected chi connectivity index (χ4v) is 1.92. The van der Waals surface area contributed by atoms with E-state index in [4.69, 9.17) is 9.47 Å². The van der Waals surface area contributed by atoms with E-state index in [-0.39, 0.29) is 0 Å². The quantitative estimate of drug-likeness (QED) is 0.874. The maximum atomic E-state index is 5.51. The molecule has 3 nitrogen and oxygen atoms in total. The second-order valence-corrected chi connectivity index (χ2v) is 4.92. The topological polar surface area (TPSA) is 30.5 Å². The normalized spacial score (nSPS) is 10.7. The number of benzene rings is 1. The molecule has 0 heterocycles. The number of ether oxygens (including phenoxy) is 2. The molecule has 0 fully saturated rings. The summed E-state index contributed by atoms with van der Waals surface area (Å²) in [6.45, 7) is 7.65. The van der Waals surface area contributed by atoms with Crippen LogP contribution in [0.4, 0.5) is 0 Å². The summed E-state index contributed by atoms with van der Waals surface area (Å²) in [4.78, 5) is 0. The van der Waals surface area contributed by atoms with Crippen LogP contribution in [-0.2, 0) is 6.54 Å². The van der Waals surface area contributed by atoms with Crippen LogP contribution in [0.25, 0.3) is 0 Å². The molecule has 1 aromatic carbocycles. The third-order valence-corrected chi connectivity index (χ3v) is 3.07. The minimum Gasteiger partial charge on any atom is -0.493 e. The molecule has 0 saturated heterocycles. The number of hydrogen-bond donors (Lipinski definition) is 1. The molecule has 0 aliphatic carbocycles. The number of nitrogens with one attached hydrogen (secondary N) is 1. The molecule has 0 radical (unpaired) electrons. The molecule has 0 aliphatic rings. The van der Waals surface area contributed by atoms with Crippen LogP contribution in [0.1, 0.15) is 26.3 Å². The van der Waals surface area contributed by atoms with Gasteiger partial charge in [0.1, 0.15) is 0 Å². The zero-order valence-corrected chi connectivity index (χ0v) is 12.4. The Kier molecular flexibility index (Phi) is 5.78. The molecule has 1 aromatic rings. The summed E-state index contributed by atoms with van der Waals surface area (Å²) in [5.74, 6) is 1.55. The van der Waals surface area contributed by atoms with Crippen molar-refractivity contribution in [1.82, 2.24) is 5.32 Å². The lowest BCUT2D eigenvalue weighted by Crippen LogP contribution is -2.22. The highest BCUT2D eigenvalue weighted by atomic mass is 79.9. The van der Waals surface area contributed by atoms with E-state index < -0.39 is 0 Å². The molecule has 96 valence electrons. The smallest absolute Gasteiger partial charge is 0.162 e. The summed E-state index contributed by atoms with van der Waals surface area (Å²) in [5.41, 5.74) is 1.17. The Balaban J connectivity index is 2.92. The summed E-state index contributed by atoms with van der Waals surface area (Å²) in [5, 5.41) is 3.38. The van der Waals surface area contributed by atoms with Crippen molar-refractivity contribution in [1.29, 1.82) is 0 Å². The lowest BCUT2D eigenvalue weighted by molar-refractivity contribution is 0.310. The lowest BCUT2D eigenvalue weighted by Gasteiger charge is -2.14. The van der Waals surface area contributed by atoms with E-state index in [0.717, 1.165) is 22.5 Å². The Labute approximate surface area is 112 Å². The highest BCUT2D eigenvalue weighted by Crippen LogP contribution is 2.33. The summed E-state index contributed by atoms with van der Waals surface area (Å²) in [6, 6.07) is 4.42. The van der Waals surface area contributed by atoms with Crippen LogP contribution >= 0.6 is 15.9 Å². The molecule has 0 bridgehead atoms. The molecule has 0 aromatic heterocycles. The summed E-state index contributed by atoms with van der Waals surface area (Å²) in [6.07, 6.45) is 0. The SMILES string of the molecule is CCOc1cc(Br)c(CNC(C)C)cc1OC. The fraction of sp³-hybridized carbons (Fsp3) is 0.538. The molecule has 1 rings (SSSR count). The van der Waals surface area contributed by atoms with Crippen molar-refractivity contribution in [3.8, 4) is 11.5 Å². The van der Waals surface area contributed by atoms with Crippen LogP contribution in [0.5, 0.6) is 11.5 Å². The van der Waals surface area contributed by atoms with Gasteiger partial charge in [0.15, 0.2) is 11.5 Å². The van der Waals surface area contributed by atoms with Gasteiger partial charge < -0.3 is 14.8 Å². The molecular weight excluding hydrogens is 282 g/mol. The van der Waals surface area contributed by atoms with Gasteiger partial charge in [-0.25, -0.2) is 0 Å². The molecule has 0 aliphatic heterocycles. The third kappa shape index (κ3) is 4.21. The zero-order valence-electron chi connectivity index (χ0n) is 10.8. The van der Waals surface area contributed by atoms with Crippen LogP contribution in [-0.4, -0.2) is 19.8 Å². The van der Waals surface area contributed by atoms with E-state index in [0.29, 0.717) is 12.6 Å². The summed E-state index contributed by atoms with van der Waals surface area (Å²) >= 11 is 3.56. The van der Waals surface area contributed by atoms with E-state index in [2.05, 4.69) is 35.1 Å². The Hall–Kier alpha value is -0.740. The van der Waals surface area contributed by atoms with Crippen molar-refractivity contribution in [3.63, 3.8) is 0 Å². The van der Waals surface area contributed by atoms with Gasteiger partial charge in [-0.3, -0.25) is 0 Å². The number of rotatable bonds is 6. The van der Waals surface area contributed by atoms with Crippen molar-refractivity contribution in [2.75, 3.05) is 13.7 Å². The lowest BCUT2D eigenvalue weighted by atomic mass is 10.2. The highest BCUT2D eigenvalue weighted by Gasteiger charge is 2.10. The van der Waals surface area contributed by atoms with Crippen LogP contribution in [0, 0.1) is 0 Å². The van der Waals surface area contributed by atoms with E-state index in [1.165, 1.54) is 5.56 Å². The largest absolute Gasteiger partial charge is 0.493 e. The predicted molar refractivity (Wildman–Crippen MR) is 73.8 cm³/mol. The average molecular weight is 302 g/mol. The van der Waals surface area contributed by atoms with E-state index >= 15 is 0 Å². The maximum absolute atomic E-state index is 5.51. The van der Waals surface area contributed by atoms with Gasteiger partial charge in [0.2, 0.25) is 0 Å². The van der Waals surface area contributed by atoms with E-state index in [1.807, 2.05) is 19.1 Å². The molecule has 0 spiro atoms. The first-order valence-electron chi connectivity index (χ1n) is 5.81. The van der Waals surface area contributed by atoms with E-state index in [9.17, 15) is 0 Å². The van der Waals surface area contributed by atoms with Gasteiger partial charge in [-0.1, -0.05) is 29.8 Å². The van der Waals surface area contributed by atoms with Gasteiger partial charge in [-0.2, -0.15) is 0 Å². The Bertz CT molecular complexity index is 367. The third-order valence-electron chi connectivity index (χ3n) is 2.33. The standard InChI is InChI=1S/C13H20BrNO2/c1-5-17-13-7-11(14)10(6-12(13)16-4)8-15-9(2)3/h6-7,9,15H,5,8H2,1-4H3. The summed E-state index contributed by atoms with van der Waals surface area (Å²) < 4.78 is 11.9. The molecule has 0 atom stereocenters. The van der Waals surface area contributed by atoms with E-state index in [1.54, 1.807) is 7.11 Å². The first kappa shape index (κ1) is 14.3. The average Bonchev–Trinajstić information content (AvgIpc) is 2.28. The Morgan fingerprint density at radius 1 is 1.29 bits per heavy atom. The Morgan fingerprint density at radius 2 is 2.00 bits per heavy atom. The van der Waals surface area contributed by atoms with Gasteiger partial charge >= 0.3 is 0 Å². The molecular formula is C13H20BrNO2. The second-order valence-electron chi connectivity index (χ2n) is 4.06. The molecule has 0 amide bonds. The molecule has 1 N–H and O–H groups in total. The van der Waals surface area contributed by atoms with Crippen molar-refractivity contribution in [2.24, 2.45) is 0 Å². The monoisotopic (exact) mass is 301 g/mol. The van der Waals surface area contributed by atoms with Crippen molar-refractivity contribution in [2.45, 2.75) is 33.4 Å². The fourth-order valence-electron chi connectivity index (χ4n) is 1.45. The van der Waals surface area contributed by atoms with Crippen molar-refractivity contribution >= 4 is 15.9 Å². The predicted octanol–water partition coefficient (Wildman–Crippen LogP) is 3.35. The van der Waals surface area contributed by atoms with Crippen molar-refractivity contribution in [3.05, 3.63) is 22.2 Å². The van der Waals surface area contributed by atoms with Gasteiger partial charge in [-0.05, 0) is 24.6 Å². The molecule has 4 heteroatoms. The summed E-state index contributed by atoms with van der Waals surface area (Å²) in [7, 11) is 1.66. The molecule has 0 unspecified atom stereocenters. The number of methoxy groups -OCH3 is 1. The van der Waals surface area contributed by atoms with Gasteiger partial charge in [-0.15, -0.1) is 0 Å². The van der Waals surface area contributed by atoms with Gasteiger partial charge in [0.25, 0.3) is 0 Å². The first-order valence-corrected chi connectivity index (χ1v) is 6.60. The molecule has 0 saturated carbocycles. The van der Waals surface area contributed by atoms with Crippen molar-refractivity contribution < 1.29 is 9.47 Å². The molecule has 17 heavy (non-hydrogen) atoms. The highest BCUT2D eigenvalue weighted by molar-refractivity contribution is 9.10. The number of halogens is 1. The van der Waals surface area contributed by atoms with Gasteiger partial charge in [0.05, 0.1) is 13.7 Å². The van der Waals surface area contributed by atoms with Crippen LogP contribution in [0.3, 0.4) is 0 Å². The first-order chi connectivity index (χ1) is 8.08.